The maximum atomic E-state index is 5.81. The van der Waals surface area contributed by atoms with Gasteiger partial charge in [0.2, 0.25) is 0 Å². The standard InChI is InChI=1S/C15H24N2/c1-12(16)6-7-13-4-3-5-14(10-13)15-8-9-17(2)11-15/h3-5,10,12,15H,6-9,11,16H2,1-2H3. The van der Waals surface area contributed by atoms with E-state index >= 15 is 0 Å². The van der Waals surface area contributed by atoms with Crippen molar-refractivity contribution >= 4 is 0 Å². The number of likely N-dealkylation sites (N-methyl/N-ethyl adjacent to an activating group) is 1. The third-order valence-corrected chi connectivity index (χ3v) is 3.70. The summed E-state index contributed by atoms with van der Waals surface area (Å²) >= 11 is 0. The van der Waals surface area contributed by atoms with E-state index in [9.17, 15) is 0 Å². The number of rotatable bonds is 4. The highest BCUT2D eigenvalue weighted by molar-refractivity contribution is 5.27. The molecule has 0 bridgehead atoms. The summed E-state index contributed by atoms with van der Waals surface area (Å²) in [6.07, 6.45) is 3.48. The summed E-state index contributed by atoms with van der Waals surface area (Å²) in [6, 6.07) is 9.39. The second-order valence-electron chi connectivity index (χ2n) is 5.51. The van der Waals surface area contributed by atoms with Gasteiger partial charge in [0.25, 0.3) is 0 Å². The molecule has 0 radical (unpaired) electrons. The van der Waals surface area contributed by atoms with Gasteiger partial charge in [-0.25, -0.2) is 0 Å². The summed E-state index contributed by atoms with van der Waals surface area (Å²) in [4.78, 5) is 2.42. The van der Waals surface area contributed by atoms with E-state index in [1.807, 2.05) is 0 Å². The van der Waals surface area contributed by atoms with Crippen molar-refractivity contribution in [1.29, 1.82) is 0 Å². The molecule has 2 heteroatoms. The fraction of sp³-hybridized carbons (Fsp3) is 0.600. The second-order valence-corrected chi connectivity index (χ2v) is 5.51. The number of benzene rings is 1. The molecule has 1 aromatic carbocycles. The first-order chi connectivity index (χ1) is 8.15. The average Bonchev–Trinajstić information content (AvgIpc) is 2.74. The van der Waals surface area contributed by atoms with Gasteiger partial charge in [-0.05, 0) is 56.8 Å². The van der Waals surface area contributed by atoms with Gasteiger partial charge in [0.05, 0.1) is 0 Å². The summed E-state index contributed by atoms with van der Waals surface area (Å²) in [5.41, 5.74) is 8.76. The van der Waals surface area contributed by atoms with Gasteiger partial charge in [-0.1, -0.05) is 24.3 Å². The predicted molar refractivity (Wildman–Crippen MR) is 73.3 cm³/mol. The van der Waals surface area contributed by atoms with Crippen LogP contribution in [0.1, 0.15) is 36.8 Å². The summed E-state index contributed by atoms with van der Waals surface area (Å²) in [7, 11) is 2.21. The third kappa shape index (κ3) is 3.55. The Kier molecular flexibility index (Phi) is 4.19. The zero-order valence-electron chi connectivity index (χ0n) is 11.0. The molecule has 17 heavy (non-hydrogen) atoms. The van der Waals surface area contributed by atoms with Gasteiger partial charge in [0.15, 0.2) is 0 Å². The minimum absolute atomic E-state index is 0.302. The Balaban J connectivity index is 2.01. The van der Waals surface area contributed by atoms with Crippen molar-refractivity contribution < 1.29 is 0 Å². The smallest absolute Gasteiger partial charge is 0.00477 e. The Bertz CT molecular complexity index is 360. The van der Waals surface area contributed by atoms with Crippen LogP contribution in [0.25, 0.3) is 0 Å². The van der Waals surface area contributed by atoms with E-state index in [4.69, 9.17) is 5.73 Å². The molecule has 1 fully saturated rings. The van der Waals surface area contributed by atoms with Crippen molar-refractivity contribution in [1.82, 2.24) is 4.90 Å². The molecule has 0 amide bonds. The maximum absolute atomic E-state index is 5.81. The van der Waals surface area contributed by atoms with Gasteiger partial charge in [-0.2, -0.15) is 0 Å². The van der Waals surface area contributed by atoms with E-state index in [0.29, 0.717) is 6.04 Å². The van der Waals surface area contributed by atoms with Crippen molar-refractivity contribution in [2.24, 2.45) is 5.73 Å². The molecule has 2 nitrogen and oxygen atoms in total. The minimum Gasteiger partial charge on any atom is -0.328 e. The minimum atomic E-state index is 0.302. The van der Waals surface area contributed by atoms with E-state index in [-0.39, 0.29) is 0 Å². The molecular weight excluding hydrogens is 208 g/mol. The topological polar surface area (TPSA) is 29.3 Å². The van der Waals surface area contributed by atoms with Gasteiger partial charge in [0, 0.05) is 12.6 Å². The van der Waals surface area contributed by atoms with Crippen LogP contribution in [0.3, 0.4) is 0 Å². The van der Waals surface area contributed by atoms with Crippen LogP contribution in [0, 0.1) is 0 Å². The summed E-state index contributed by atoms with van der Waals surface area (Å²) in [6.45, 7) is 4.52. The second kappa shape index (κ2) is 5.65. The molecule has 0 aromatic heterocycles. The van der Waals surface area contributed by atoms with Crippen LogP contribution in [0.2, 0.25) is 0 Å². The molecule has 0 spiro atoms. The molecule has 1 aliphatic heterocycles. The van der Waals surface area contributed by atoms with Gasteiger partial charge in [-0.3, -0.25) is 0 Å². The first-order valence-corrected chi connectivity index (χ1v) is 6.68. The highest BCUT2D eigenvalue weighted by Crippen LogP contribution is 2.26. The van der Waals surface area contributed by atoms with Gasteiger partial charge in [-0.15, -0.1) is 0 Å². The van der Waals surface area contributed by atoms with Crippen LogP contribution >= 0.6 is 0 Å². The molecule has 1 saturated heterocycles. The Morgan fingerprint density at radius 3 is 2.94 bits per heavy atom. The summed E-state index contributed by atoms with van der Waals surface area (Å²) in [5, 5.41) is 0. The van der Waals surface area contributed by atoms with Gasteiger partial charge in [0.1, 0.15) is 0 Å². The SMILES string of the molecule is CC(N)CCc1cccc(C2CCN(C)C2)c1. The largest absolute Gasteiger partial charge is 0.328 e. The lowest BCUT2D eigenvalue weighted by Gasteiger charge is -2.13. The van der Waals surface area contributed by atoms with Crippen LogP contribution < -0.4 is 5.73 Å². The van der Waals surface area contributed by atoms with Crippen LogP contribution in [0.4, 0.5) is 0 Å². The number of hydrogen-bond donors (Lipinski definition) is 1. The molecule has 94 valence electrons. The molecule has 2 unspecified atom stereocenters. The molecule has 0 saturated carbocycles. The van der Waals surface area contributed by atoms with Crippen LogP contribution in [-0.2, 0) is 6.42 Å². The molecule has 0 aliphatic carbocycles. The number of nitrogens with two attached hydrogens (primary N) is 1. The molecule has 2 N–H and O–H groups in total. The number of aryl methyl sites for hydroxylation is 1. The van der Waals surface area contributed by atoms with E-state index in [1.54, 1.807) is 0 Å². The lowest BCUT2D eigenvalue weighted by atomic mass is 9.95. The quantitative estimate of drug-likeness (QED) is 0.863. The monoisotopic (exact) mass is 232 g/mol. The maximum Gasteiger partial charge on any atom is 0.00477 e. The van der Waals surface area contributed by atoms with Crippen molar-refractivity contribution in [2.45, 2.75) is 38.1 Å². The van der Waals surface area contributed by atoms with E-state index in [2.05, 4.69) is 43.1 Å². The third-order valence-electron chi connectivity index (χ3n) is 3.70. The highest BCUT2D eigenvalue weighted by atomic mass is 15.1. The van der Waals surface area contributed by atoms with Crippen molar-refractivity contribution in [3.8, 4) is 0 Å². The number of hydrogen-bond acceptors (Lipinski definition) is 2. The number of nitrogens with zero attached hydrogens (tertiary/aromatic N) is 1. The van der Waals surface area contributed by atoms with Gasteiger partial charge >= 0.3 is 0 Å². The Morgan fingerprint density at radius 2 is 2.29 bits per heavy atom. The first kappa shape index (κ1) is 12.6. The molecular formula is C15H24N2. The van der Waals surface area contributed by atoms with Crippen LogP contribution in [-0.4, -0.2) is 31.1 Å². The predicted octanol–water partition coefficient (Wildman–Crippen LogP) is 2.39. The fourth-order valence-corrected chi connectivity index (χ4v) is 2.60. The Labute approximate surface area is 105 Å². The zero-order chi connectivity index (χ0) is 12.3. The molecule has 1 aromatic rings. The number of likely N-dealkylation sites (tertiary alicyclic amines) is 1. The Morgan fingerprint density at radius 1 is 1.47 bits per heavy atom. The summed E-state index contributed by atoms with van der Waals surface area (Å²) < 4.78 is 0. The van der Waals surface area contributed by atoms with E-state index < -0.39 is 0 Å². The van der Waals surface area contributed by atoms with Crippen molar-refractivity contribution in [3.63, 3.8) is 0 Å². The normalized spacial score (nSPS) is 22.9. The first-order valence-electron chi connectivity index (χ1n) is 6.68. The fourth-order valence-electron chi connectivity index (χ4n) is 2.60. The zero-order valence-corrected chi connectivity index (χ0v) is 11.0. The van der Waals surface area contributed by atoms with Gasteiger partial charge < -0.3 is 10.6 Å². The van der Waals surface area contributed by atoms with E-state index in [0.717, 1.165) is 18.8 Å². The molecule has 1 heterocycles. The average molecular weight is 232 g/mol. The molecule has 2 rings (SSSR count). The highest BCUT2D eigenvalue weighted by Gasteiger charge is 2.20. The van der Waals surface area contributed by atoms with Crippen LogP contribution in [0.15, 0.2) is 24.3 Å². The van der Waals surface area contributed by atoms with Crippen molar-refractivity contribution in [2.75, 3.05) is 20.1 Å². The Hall–Kier alpha value is -0.860. The molecule has 1 aliphatic rings. The van der Waals surface area contributed by atoms with E-state index in [1.165, 1.54) is 30.6 Å². The molecule has 2 atom stereocenters. The van der Waals surface area contributed by atoms with Crippen molar-refractivity contribution in [3.05, 3.63) is 35.4 Å². The lowest BCUT2D eigenvalue weighted by molar-refractivity contribution is 0.411. The summed E-state index contributed by atoms with van der Waals surface area (Å²) in [5.74, 6) is 0.732. The lowest BCUT2D eigenvalue weighted by Crippen LogP contribution is -2.15. The van der Waals surface area contributed by atoms with Crippen LogP contribution in [0.5, 0.6) is 0 Å².